The maximum absolute atomic E-state index is 13.0. The lowest BCUT2D eigenvalue weighted by atomic mass is 9.84. The van der Waals surface area contributed by atoms with E-state index in [1.165, 1.54) is 17.9 Å². The van der Waals surface area contributed by atoms with Gasteiger partial charge in [0.2, 0.25) is 11.9 Å². The second kappa shape index (κ2) is 13.4. The predicted molar refractivity (Wildman–Crippen MR) is 187 cm³/mol. The summed E-state index contributed by atoms with van der Waals surface area (Å²) in [5.41, 5.74) is 3.35. The highest BCUT2D eigenvalue weighted by Gasteiger charge is 2.40. The number of ether oxygens (including phenoxy) is 1. The third kappa shape index (κ3) is 6.80. The molecule has 5 heterocycles. The van der Waals surface area contributed by atoms with Crippen molar-refractivity contribution in [3.63, 3.8) is 0 Å². The van der Waals surface area contributed by atoms with Crippen LogP contribution in [0, 0.1) is 5.92 Å². The molecule has 1 amide bonds. The van der Waals surface area contributed by atoms with Crippen LogP contribution in [-0.4, -0.2) is 91.6 Å². The molecule has 47 heavy (non-hydrogen) atoms. The fourth-order valence-corrected chi connectivity index (χ4v) is 8.78. The number of hydrogen-bond donors (Lipinski definition) is 1. The average Bonchev–Trinajstić information content (AvgIpc) is 3.55. The molecule has 3 aliphatic rings. The Balaban J connectivity index is 1.40. The Morgan fingerprint density at radius 1 is 1.13 bits per heavy atom. The first kappa shape index (κ1) is 33.1. The van der Waals surface area contributed by atoms with E-state index < -0.39 is 9.84 Å². The van der Waals surface area contributed by atoms with E-state index in [4.69, 9.17) is 14.7 Å². The molecule has 252 valence electrons. The molecule has 3 fully saturated rings. The summed E-state index contributed by atoms with van der Waals surface area (Å²) < 4.78 is 29.8. The maximum atomic E-state index is 13.0. The highest BCUT2D eigenvalue weighted by molar-refractivity contribution is 7.90. The van der Waals surface area contributed by atoms with Gasteiger partial charge in [-0.05, 0) is 79.3 Å². The van der Waals surface area contributed by atoms with Gasteiger partial charge < -0.3 is 24.8 Å². The maximum Gasteiger partial charge on any atom is 0.246 e. The van der Waals surface area contributed by atoms with Crippen LogP contribution in [-0.2, 0) is 19.4 Å². The monoisotopic (exact) mass is 661 g/mol. The summed E-state index contributed by atoms with van der Waals surface area (Å²) in [5, 5.41) is 5.51. The Morgan fingerprint density at radius 2 is 1.89 bits per heavy atom. The van der Waals surface area contributed by atoms with Gasteiger partial charge >= 0.3 is 0 Å². The third-order valence-electron chi connectivity index (χ3n) is 10.1. The SMILES string of the molecule is C=CC(=O)N1CCC[C@H]1c1cc(N2C[C@H](CS(C)(=O)=O)[C@H]2C)c2cnc(Nc3ccnc(N4CCC(OC)CC4)n3)cc2c1C(C)C. The Hall–Kier alpha value is -3.77. The molecule has 2 aromatic heterocycles. The topological polar surface area (TPSA) is 121 Å². The van der Waals surface area contributed by atoms with Gasteiger partial charge in [-0.15, -0.1) is 0 Å². The second-order valence-corrected chi connectivity index (χ2v) is 15.8. The number of nitrogens with one attached hydrogen (secondary N) is 1. The number of rotatable bonds is 10. The standard InChI is InChI=1S/C35H47N7O4S/c1-7-33(43)41-14-8-9-29(41)27-17-30(42-20-24(23(42)4)21-47(6,44)45)28-19-37-32(18-26(28)34(27)22(2)3)38-31-10-13-36-35(39-31)40-15-11-25(46-5)12-16-40/h7,10,13,17-19,22-25,29H,1,8-9,11-12,14-16,20-21H2,2-6H3,(H,36,37,38,39)/t23-,24-,29+/m1/s1. The van der Waals surface area contributed by atoms with Crippen molar-refractivity contribution in [3.05, 3.63) is 54.4 Å². The fourth-order valence-electron chi connectivity index (χ4n) is 7.62. The van der Waals surface area contributed by atoms with E-state index in [-0.39, 0.29) is 41.7 Å². The largest absolute Gasteiger partial charge is 0.381 e. The molecule has 0 aliphatic carbocycles. The Labute approximate surface area is 278 Å². The molecule has 3 saturated heterocycles. The molecule has 11 nitrogen and oxygen atoms in total. The molecule has 1 N–H and O–H groups in total. The van der Waals surface area contributed by atoms with E-state index in [0.717, 1.165) is 60.8 Å². The van der Waals surface area contributed by atoms with E-state index in [2.05, 4.69) is 59.6 Å². The second-order valence-electron chi connectivity index (χ2n) is 13.6. The zero-order valence-corrected chi connectivity index (χ0v) is 29.0. The fraction of sp³-hybridized carbons (Fsp3) is 0.543. The molecule has 6 rings (SSSR count). The highest BCUT2D eigenvalue weighted by Crippen LogP contribution is 2.46. The molecular weight excluding hydrogens is 614 g/mol. The van der Waals surface area contributed by atoms with Crippen LogP contribution in [0.15, 0.2) is 43.2 Å². The van der Waals surface area contributed by atoms with Crippen LogP contribution < -0.4 is 15.1 Å². The van der Waals surface area contributed by atoms with Crippen molar-refractivity contribution in [2.75, 3.05) is 60.4 Å². The lowest BCUT2D eigenvalue weighted by Gasteiger charge is -2.48. The third-order valence-corrected chi connectivity index (χ3v) is 11.1. The van der Waals surface area contributed by atoms with Gasteiger partial charge in [-0.2, -0.15) is 4.98 Å². The number of aromatic nitrogens is 3. The normalized spacial score (nSPS) is 22.2. The van der Waals surface area contributed by atoms with Crippen molar-refractivity contribution in [2.45, 2.75) is 70.6 Å². The van der Waals surface area contributed by atoms with Crippen molar-refractivity contribution < 1.29 is 17.9 Å². The van der Waals surface area contributed by atoms with Crippen LogP contribution in [0.2, 0.25) is 0 Å². The number of pyridine rings is 1. The average molecular weight is 662 g/mol. The number of sulfone groups is 1. The van der Waals surface area contributed by atoms with E-state index in [0.29, 0.717) is 30.7 Å². The number of likely N-dealkylation sites (tertiary alicyclic amines) is 1. The summed E-state index contributed by atoms with van der Waals surface area (Å²) in [7, 11) is -1.33. The first-order valence-corrected chi connectivity index (χ1v) is 18.7. The van der Waals surface area contributed by atoms with Crippen molar-refractivity contribution in [2.24, 2.45) is 5.92 Å². The first-order chi connectivity index (χ1) is 22.5. The Bertz CT molecular complexity index is 1760. The van der Waals surface area contributed by atoms with Crippen molar-refractivity contribution in [3.8, 4) is 0 Å². The van der Waals surface area contributed by atoms with Gasteiger partial charge in [-0.25, -0.2) is 18.4 Å². The molecule has 0 unspecified atom stereocenters. The van der Waals surface area contributed by atoms with Crippen molar-refractivity contribution in [1.82, 2.24) is 19.9 Å². The van der Waals surface area contributed by atoms with Gasteiger partial charge in [0.15, 0.2) is 0 Å². The summed E-state index contributed by atoms with van der Waals surface area (Å²) in [6.07, 6.45) is 10.3. The molecule has 3 aromatic rings. The molecule has 0 spiro atoms. The number of nitrogens with zero attached hydrogens (tertiary/aromatic N) is 6. The number of carbonyl (C=O) groups excluding carboxylic acids is 1. The van der Waals surface area contributed by atoms with E-state index in [9.17, 15) is 13.2 Å². The molecule has 0 bridgehead atoms. The molecule has 0 saturated carbocycles. The quantitative estimate of drug-likeness (QED) is 0.290. The smallest absolute Gasteiger partial charge is 0.246 e. The molecule has 3 aliphatic heterocycles. The number of benzene rings is 1. The van der Waals surface area contributed by atoms with Gasteiger partial charge in [0.05, 0.1) is 17.9 Å². The highest BCUT2D eigenvalue weighted by atomic mass is 32.2. The number of amides is 1. The molecule has 1 aromatic carbocycles. The summed E-state index contributed by atoms with van der Waals surface area (Å²) in [5.74, 6) is 2.35. The zero-order valence-electron chi connectivity index (χ0n) is 28.1. The van der Waals surface area contributed by atoms with E-state index in [1.54, 1.807) is 13.3 Å². The number of piperidine rings is 1. The summed E-state index contributed by atoms with van der Waals surface area (Å²) in [4.78, 5) is 33.6. The van der Waals surface area contributed by atoms with E-state index in [1.807, 2.05) is 17.2 Å². The first-order valence-electron chi connectivity index (χ1n) is 16.7. The minimum atomic E-state index is -3.09. The van der Waals surface area contributed by atoms with E-state index >= 15 is 0 Å². The minimum absolute atomic E-state index is 0.0476. The van der Waals surface area contributed by atoms with Crippen LogP contribution in [0.4, 0.5) is 23.3 Å². The predicted octanol–water partition coefficient (Wildman–Crippen LogP) is 5.23. The summed E-state index contributed by atoms with van der Waals surface area (Å²) in [6.45, 7) is 13.3. The van der Waals surface area contributed by atoms with Crippen LogP contribution in [0.5, 0.6) is 0 Å². The van der Waals surface area contributed by atoms with Crippen molar-refractivity contribution >= 4 is 49.8 Å². The molecule has 12 heteroatoms. The number of methoxy groups -OCH3 is 1. The lowest BCUT2D eigenvalue weighted by molar-refractivity contribution is -0.126. The van der Waals surface area contributed by atoms with Crippen LogP contribution >= 0.6 is 0 Å². The van der Waals surface area contributed by atoms with Gasteiger partial charge in [-0.1, -0.05) is 20.4 Å². The van der Waals surface area contributed by atoms with Crippen LogP contribution in [0.3, 0.4) is 0 Å². The van der Waals surface area contributed by atoms with Crippen LogP contribution in [0.1, 0.15) is 69.5 Å². The van der Waals surface area contributed by atoms with Crippen LogP contribution in [0.25, 0.3) is 10.8 Å². The summed E-state index contributed by atoms with van der Waals surface area (Å²) in [6, 6.07) is 6.16. The number of carbonyl (C=O) groups is 1. The number of fused-ring (bicyclic) bond motifs is 1. The van der Waals surface area contributed by atoms with Gasteiger partial charge in [0.1, 0.15) is 21.5 Å². The zero-order chi connectivity index (χ0) is 33.5. The molecule has 0 radical (unpaired) electrons. The minimum Gasteiger partial charge on any atom is -0.381 e. The van der Waals surface area contributed by atoms with Gasteiger partial charge in [-0.3, -0.25) is 4.79 Å². The van der Waals surface area contributed by atoms with Gasteiger partial charge in [0.25, 0.3) is 0 Å². The summed E-state index contributed by atoms with van der Waals surface area (Å²) >= 11 is 0. The number of anilines is 4. The molecular formula is C35H47N7O4S. The number of hydrogen-bond acceptors (Lipinski definition) is 10. The Kier molecular flexibility index (Phi) is 9.44. The van der Waals surface area contributed by atoms with Crippen molar-refractivity contribution in [1.29, 1.82) is 0 Å². The molecule has 3 atom stereocenters. The lowest BCUT2D eigenvalue weighted by Crippen LogP contribution is -2.57. The Morgan fingerprint density at radius 3 is 2.55 bits per heavy atom. The van der Waals surface area contributed by atoms with Gasteiger partial charge in [0, 0.05) is 75.0 Å².